The van der Waals surface area contributed by atoms with Gasteiger partial charge in [0.15, 0.2) is 5.96 Å². The molecule has 0 bridgehead atoms. The van der Waals surface area contributed by atoms with Crippen molar-refractivity contribution in [1.82, 2.24) is 5.32 Å². The Morgan fingerprint density at radius 1 is 1.04 bits per heavy atom. The molecule has 2 aromatic rings. The van der Waals surface area contributed by atoms with E-state index >= 15 is 0 Å². The number of rotatable bonds is 6. The highest BCUT2D eigenvalue weighted by Crippen LogP contribution is 2.22. The van der Waals surface area contributed by atoms with Gasteiger partial charge in [-0.05, 0) is 30.4 Å². The highest BCUT2D eigenvalue weighted by molar-refractivity contribution is 8.93. The molecule has 0 spiro atoms. The molecule has 4 heteroatoms. The van der Waals surface area contributed by atoms with Gasteiger partial charge in [-0.25, -0.2) is 0 Å². The fourth-order valence-electron chi connectivity index (χ4n) is 2.60. The zero-order valence-electron chi connectivity index (χ0n) is 13.2. The summed E-state index contributed by atoms with van der Waals surface area (Å²) < 4.78 is 0. The number of nitrogens with two attached hydrogens (primary N) is 1. The van der Waals surface area contributed by atoms with Crippen molar-refractivity contribution in [3.63, 3.8) is 0 Å². The molecule has 0 heterocycles. The number of guanidine groups is 1. The summed E-state index contributed by atoms with van der Waals surface area (Å²) in [6, 6.07) is 21.7. The Hall–Kier alpha value is -1.81. The van der Waals surface area contributed by atoms with Gasteiger partial charge in [-0.2, -0.15) is 0 Å². The molecule has 1 unspecified atom stereocenters. The molecular weight excluding hydrogens is 350 g/mol. The van der Waals surface area contributed by atoms with Crippen molar-refractivity contribution in [3.8, 4) is 0 Å². The lowest BCUT2D eigenvalue weighted by molar-refractivity contribution is 0.690. The fourth-order valence-corrected chi connectivity index (χ4v) is 2.60. The van der Waals surface area contributed by atoms with Crippen molar-refractivity contribution in [2.24, 2.45) is 10.7 Å². The van der Waals surface area contributed by atoms with Gasteiger partial charge in [0.2, 0.25) is 0 Å². The fraction of sp³-hybridized carbons (Fsp3) is 0.316. The quantitative estimate of drug-likeness (QED) is 0.599. The second-order valence-electron chi connectivity index (χ2n) is 5.94. The number of nitrogens with one attached hydrogen (secondary N) is 1. The predicted molar refractivity (Wildman–Crippen MR) is 102 cm³/mol. The van der Waals surface area contributed by atoms with E-state index in [1.54, 1.807) is 0 Å². The number of hydrogen-bond acceptors (Lipinski definition) is 1. The normalized spacial score (nSPS) is 15.6. The van der Waals surface area contributed by atoms with Crippen molar-refractivity contribution in [2.45, 2.75) is 31.2 Å². The predicted octanol–water partition coefficient (Wildman–Crippen LogP) is 3.66. The molecule has 3 rings (SSSR count). The van der Waals surface area contributed by atoms with E-state index in [2.05, 4.69) is 71.0 Å². The van der Waals surface area contributed by atoms with E-state index in [9.17, 15) is 0 Å². The molecule has 0 amide bonds. The van der Waals surface area contributed by atoms with Crippen LogP contribution in [0, 0.1) is 0 Å². The van der Waals surface area contributed by atoms with Crippen LogP contribution in [0.5, 0.6) is 0 Å². The van der Waals surface area contributed by atoms with Crippen LogP contribution in [0.4, 0.5) is 0 Å². The molecule has 1 atom stereocenters. The van der Waals surface area contributed by atoms with E-state index in [4.69, 9.17) is 5.73 Å². The highest BCUT2D eigenvalue weighted by atomic mass is 79.9. The molecule has 3 N–H and O–H groups in total. The second kappa shape index (κ2) is 8.73. The van der Waals surface area contributed by atoms with E-state index in [0.717, 1.165) is 6.42 Å². The van der Waals surface area contributed by atoms with Gasteiger partial charge in [0, 0.05) is 18.5 Å². The molecule has 1 aliphatic rings. The van der Waals surface area contributed by atoms with Crippen LogP contribution in [-0.2, 0) is 6.42 Å². The highest BCUT2D eigenvalue weighted by Gasteiger charge is 2.21. The van der Waals surface area contributed by atoms with Crippen molar-refractivity contribution in [2.75, 3.05) is 6.54 Å². The Bertz CT molecular complexity index is 609. The number of halogens is 1. The molecule has 122 valence electrons. The van der Waals surface area contributed by atoms with Gasteiger partial charge in [-0.1, -0.05) is 60.7 Å². The summed E-state index contributed by atoms with van der Waals surface area (Å²) >= 11 is 0. The number of aliphatic imine (C=N–C) groups is 1. The standard InChI is InChI=1S/C19H23N3.BrH/c20-19(22-18-11-12-18)21-14-17(16-9-5-2-6-10-16)13-15-7-3-1-4-8-15;/h1-10,17-18H,11-14H2,(H3,20,21,22);1H. The lowest BCUT2D eigenvalue weighted by Crippen LogP contribution is -2.33. The van der Waals surface area contributed by atoms with E-state index in [0.29, 0.717) is 24.5 Å². The number of nitrogens with zero attached hydrogens (tertiary/aromatic N) is 1. The third-order valence-corrected chi connectivity index (χ3v) is 4.01. The molecule has 23 heavy (non-hydrogen) atoms. The van der Waals surface area contributed by atoms with Gasteiger partial charge in [-0.15, -0.1) is 17.0 Å². The van der Waals surface area contributed by atoms with Crippen LogP contribution in [0.15, 0.2) is 65.7 Å². The van der Waals surface area contributed by atoms with Crippen LogP contribution < -0.4 is 11.1 Å². The Labute approximate surface area is 148 Å². The summed E-state index contributed by atoms with van der Waals surface area (Å²) in [5, 5.41) is 3.25. The van der Waals surface area contributed by atoms with Crippen LogP contribution >= 0.6 is 17.0 Å². The molecule has 1 fully saturated rings. The molecular formula is C19H24BrN3. The molecule has 3 nitrogen and oxygen atoms in total. The van der Waals surface area contributed by atoms with Crippen molar-refractivity contribution < 1.29 is 0 Å². The SMILES string of the molecule is Br.NC(=NCC(Cc1ccccc1)c1ccccc1)NC1CC1. The first-order chi connectivity index (χ1) is 10.8. The minimum Gasteiger partial charge on any atom is -0.370 e. The van der Waals surface area contributed by atoms with Gasteiger partial charge >= 0.3 is 0 Å². The summed E-state index contributed by atoms with van der Waals surface area (Å²) in [6.45, 7) is 0.713. The third kappa shape index (κ3) is 5.71. The van der Waals surface area contributed by atoms with Crippen molar-refractivity contribution in [1.29, 1.82) is 0 Å². The van der Waals surface area contributed by atoms with Crippen molar-refractivity contribution >= 4 is 22.9 Å². The Morgan fingerprint density at radius 3 is 2.26 bits per heavy atom. The smallest absolute Gasteiger partial charge is 0.188 e. The van der Waals surface area contributed by atoms with Crippen LogP contribution in [0.25, 0.3) is 0 Å². The summed E-state index contributed by atoms with van der Waals surface area (Å²) in [6.07, 6.45) is 3.40. The molecule has 0 saturated heterocycles. The molecule has 1 aliphatic carbocycles. The first-order valence-electron chi connectivity index (χ1n) is 7.96. The van der Waals surface area contributed by atoms with Crippen LogP contribution in [0.3, 0.4) is 0 Å². The van der Waals surface area contributed by atoms with Gasteiger partial charge in [0.25, 0.3) is 0 Å². The van der Waals surface area contributed by atoms with Gasteiger partial charge < -0.3 is 11.1 Å². The maximum absolute atomic E-state index is 5.97. The zero-order valence-corrected chi connectivity index (χ0v) is 14.9. The van der Waals surface area contributed by atoms with Gasteiger partial charge in [-0.3, -0.25) is 4.99 Å². The van der Waals surface area contributed by atoms with Crippen LogP contribution in [-0.4, -0.2) is 18.5 Å². The Balaban J connectivity index is 0.00000192. The maximum atomic E-state index is 5.97. The van der Waals surface area contributed by atoms with E-state index in [-0.39, 0.29) is 17.0 Å². The molecule has 0 aliphatic heterocycles. The minimum absolute atomic E-state index is 0. The second-order valence-corrected chi connectivity index (χ2v) is 5.94. The monoisotopic (exact) mass is 373 g/mol. The topological polar surface area (TPSA) is 50.4 Å². The lowest BCUT2D eigenvalue weighted by Gasteiger charge is -2.16. The van der Waals surface area contributed by atoms with Gasteiger partial charge in [0.1, 0.15) is 0 Å². The number of benzene rings is 2. The van der Waals surface area contributed by atoms with E-state index < -0.39 is 0 Å². The third-order valence-electron chi connectivity index (χ3n) is 4.01. The van der Waals surface area contributed by atoms with Crippen LogP contribution in [0.1, 0.15) is 29.9 Å². The van der Waals surface area contributed by atoms with E-state index in [1.807, 2.05) is 0 Å². The summed E-state index contributed by atoms with van der Waals surface area (Å²) in [4.78, 5) is 4.56. The van der Waals surface area contributed by atoms with Gasteiger partial charge in [0.05, 0.1) is 0 Å². The molecule has 0 radical (unpaired) electrons. The first-order valence-corrected chi connectivity index (χ1v) is 7.96. The first kappa shape index (κ1) is 17.5. The van der Waals surface area contributed by atoms with E-state index in [1.165, 1.54) is 24.0 Å². The zero-order chi connectivity index (χ0) is 15.2. The Morgan fingerprint density at radius 2 is 1.65 bits per heavy atom. The molecule has 2 aromatic carbocycles. The largest absolute Gasteiger partial charge is 0.370 e. The minimum atomic E-state index is 0. The molecule has 0 aromatic heterocycles. The summed E-state index contributed by atoms with van der Waals surface area (Å²) in [5.41, 5.74) is 8.62. The van der Waals surface area contributed by atoms with Crippen LogP contribution in [0.2, 0.25) is 0 Å². The average Bonchev–Trinajstić information content (AvgIpc) is 3.37. The lowest BCUT2D eigenvalue weighted by atomic mass is 9.92. The molecule has 1 saturated carbocycles. The Kier molecular flexibility index (Phi) is 6.66. The van der Waals surface area contributed by atoms with Crippen molar-refractivity contribution in [3.05, 3.63) is 71.8 Å². The maximum Gasteiger partial charge on any atom is 0.188 e. The number of hydrogen-bond donors (Lipinski definition) is 2. The average molecular weight is 374 g/mol. The summed E-state index contributed by atoms with van der Waals surface area (Å²) in [7, 11) is 0. The summed E-state index contributed by atoms with van der Waals surface area (Å²) in [5.74, 6) is 0.930.